The minimum absolute atomic E-state index is 0.128. The lowest BCUT2D eigenvalue weighted by molar-refractivity contribution is -0.162. The Morgan fingerprint density at radius 2 is 1.21 bits per heavy atom. The Kier molecular flexibility index (Phi) is 8.52. The van der Waals surface area contributed by atoms with Crippen LogP contribution in [0.5, 0.6) is 0 Å². The lowest BCUT2D eigenvalue weighted by atomic mass is 10.0. The van der Waals surface area contributed by atoms with E-state index in [0.29, 0.717) is 0 Å². The highest BCUT2D eigenvalue weighted by molar-refractivity contribution is 5.95. The predicted molar refractivity (Wildman–Crippen MR) is 66.0 cm³/mol. The second-order valence-electron chi connectivity index (χ2n) is 3.65. The van der Waals surface area contributed by atoms with Gasteiger partial charge in [-0.15, -0.1) is 0 Å². The van der Waals surface area contributed by atoms with E-state index in [1.54, 1.807) is 20.8 Å². The van der Waals surface area contributed by atoms with E-state index < -0.39 is 29.9 Å². The first kappa shape index (κ1) is 17.4. The molecule has 0 aliphatic rings. The molecule has 0 heterocycles. The summed E-state index contributed by atoms with van der Waals surface area (Å²) in [4.78, 5) is 34.7. The quantitative estimate of drug-likeness (QED) is 0.378. The Morgan fingerprint density at radius 1 is 0.842 bits per heavy atom. The lowest BCUT2D eigenvalue weighted by Gasteiger charge is -2.17. The predicted octanol–water partition coefficient (Wildman–Crippen LogP) is 0.00930. The van der Waals surface area contributed by atoms with E-state index in [2.05, 4.69) is 0 Å². The van der Waals surface area contributed by atoms with Crippen molar-refractivity contribution >= 4 is 17.9 Å². The van der Waals surface area contributed by atoms with Crippen molar-refractivity contribution in [1.82, 2.24) is 0 Å². The number of ether oxygens (including phenoxy) is 3. The van der Waals surface area contributed by atoms with Crippen LogP contribution in [0.2, 0.25) is 0 Å². The Hall–Kier alpha value is -1.63. The highest BCUT2D eigenvalue weighted by Crippen LogP contribution is 2.12. The maximum Gasteiger partial charge on any atom is 0.322 e. The highest BCUT2D eigenvalue weighted by atomic mass is 16.6. The summed E-state index contributed by atoms with van der Waals surface area (Å²) in [5.41, 5.74) is 5.58. The van der Waals surface area contributed by atoms with Crippen LogP contribution in [-0.4, -0.2) is 43.8 Å². The van der Waals surface area contributed by atoms with Crippen molar-refractivity contribution in [3.63, 3.8) is 0 Å². The Labute approximate surface area is 112 Å². The van der Waals surface area contributed by atoms with Crippen molar-refractivity contribution < 1.29 is 28.6 Å². The molecule has 0 spiro atoms. The van der Waals surface area contributed by atoms with Crippen LogP contribution in [0.3, 0.4) is 0 Å². The molecule has 1 atom stereocenters. The molecule has 0 amide bonds. The second kappa shape index (κ2) is 9.32. The van der Waals surface area contributed by atoms with Gasteiger partial charge in [0.1, 0.15) is 6.04 Å². The molecule has 110 valence electrons. The average molecular weight is 275 g/mol. The molecule has 0 aromatic rings. The van der Waals surface area contributed by atoms with E-state index in [4.69, 9.17) is 19.9 Å². The minimum Gasteiger partial charge on any atom is -0.465 e. The molecule has 0 aliphatic carbocycles. The zero-order valence-electron chi connectivity index (χ0n) is 11.5. The van der Waals surface area contributed by atoms with Gasteiger partial charge in [-0.3, -0.25) is 14.4 Å². The van der Waals surface area contributed by atoms with Crippen LogP contribution in [0.4, 0.5) is 0 Å². The van der Waals surface area contributed by atoms with E-state index in [1.165, 1.54) is 0 Å². The molecule has 19 heavy (non-hydrogen) atoms. The van der Waals surface area contributed by atoms with E-state index in [0.717, 1.165) is 0 Å². The highest BCUT2D eigenvalue weighted by Gasteiger charge is 2.33. The largest absolute Gasteiger partial charge is 0.465 e. The molecular weight excluding hydrogens is 254 g/mol. The van der Waals surface area contributed by atoms with Gasteiger partial charge in [0.15, 0.2) is 5.92 Å². The molecule has 0 bridgehead atoms. The number of hydrogen-bond donors (Lipinski definition) is 1. The molecule has 0 aromatic heterocycles. The fourth-order valence-electron chi connectivity index (χ4n) is 1.37. The van der Waals surface area contributed by atoms with Gasteiger partial charge in [0.25, 0.3) is 0 Å². The molecule has 0 radical (unpaired) electrons. The minimum atomic E-state index is -1.21. The van der Waals surface area contributed by atoms with Crippen molar-refractivity contribution in [2.45, 2.75) is 33.2 Å². The number of hydrogen-bond acceptors (Lipinski definition) is 7. The molecule has 0 rings (SSSR count). The van der Waals surface area contributed by atoms with Gasteiger partial charge in [0.05, 0.1) is 19.8 Å². The zero-order valence-corrected chi connectivity index (χ0v) is 11.5. The summed E-state index contributed by atoms with van der Waals surface area (Å²) in [6.07, 6.45) is -0.198. The summed E-state index contributed by atoms with van der Waals surface area (Å²) in [6.45, 7) is 5.30. The molecule has 7 heteroatoms. The third-order valence-corrected chi connectivity index (χ3v) is 2.22. The first-order valence-electron chi connectivity index (χ1n) is 6.23. The van der Waals surface area contributed by atoms with Crippen LogP contribution >= 0.6 is 0 Å². The number of nitrogens with two attached hydrogens (primary N) is 1. The fraction of sp³-hybridized carbons (Fsp3) is 0.750. The number of rotatable bonds is 8. The molecule has 7 nitrogen and oxygen atoms in total. The topological polar surface area (TPSA) is 105 Å². The maximum atomic E-state index is 11.6. The summed E-state index contributed by atoms with van der Waals surface area (Å²) in [6, 6.07) is -1.07. The van der Waals surface area contributed by atoms with Crippen molar-refractivity contribution in [3.8, 4) is 0 Å². The number of carbonyl (C=O) groups excluding carboxylic acids is 3. The van der Waals surface area contributed by atoms with E-state index in [-0.39, 0.29) is 26.2 Å². The van der Waals surface area contributed by atoms with E-state index >= 15 is 0 Å². The van der Waals surface area contributed by atoms with Crippen molar-refractivity contribution in [2.24, 2.45) is 11.7 Å². The van der Waals surface area contributed by atoms with Crippen molar-refractivity contribution in [3.05, 3.63) is 0 Å². The molecule has 1 unspecified atom stereocenters. The van der Waals surface area contributed by atoms with Gasteiger partial charge in [0, 0.05) is 0 Å². The molecular formula is C12H21NO6. The van der Waals surface area contributed by atoms with Gasteiger partial charge in [-0.2, -0.15) is 0 Å². The summed E-state index contributed by atoms with van der Waals surface area (Å²) in [7, 11) is 0. The molecule has 0 saturated carbocycles. The Bertz CT molecular complexity index is 299. The average Bonchev–Trinajstić information content (AvgIpc) is 2.36. The van der Waals surface area contributed by atoms with Crippen LogP contribution in [-0.2, 0) is 28.6 Å². The van der Waals surface area contributed by atoms with Gasteiger partial charge in [-0.05, 0) is 27.2 Å². The summed E-state index contributed by atoms with van der Waals surface area (Å²) >= 11 is 0. The third kappa shape index (κ3) is 6.19. The van der Waals surface area contributed by atoms with Crippen LogP contribution < -0.4 is 5.73 Å². The molecule has 0 saturated heterocycles. The monoisotopic (exact) mass is 275 g/mol. The zero-order chi connectivity index (χ0) is 14.8. The third-order valence-electron chi connectivity index (χ3n) is 2.22. The van der Waals surface area contributed by atoms with Crippen LogP contribution in [0, 0.1) is 5.92 Å². The van der Waals surface area contributed by atoms with Crippen LogP contribution in [0.25, 0.3) is 0 Å². The van der Waals surface area contributed by atoms with Crippen molar-refractivity contribution in [1.29, 1.82) is 0 Å². The van der Waals surface area contributed by atoms with Gasteiger partial charge < -0.3 is 19.9 Å². The Balaban J connectivity index is 4.70. The summed E-state index contributed by atoms with van der Waals surface area (Å²) in [5, 5.41) is 0. The standard InChI is InChI=1S/C12H21NO6/c1-4-17-10(14)8(11(15)18-5-2)7-9(13)12(16)19-6-3/h8-9H,4-7,13H2,1-3H3. The SMILES string of the molecule is CCOC(=O)C(N)CC(C(=O)OCC)C(=O)OCC. The molecule has 0 fully saturated rings. The van der Waals surface area contributed by atoms with E-state index in [9.17, 15) is 14.4 Å². The van der Waals surface area contributed by atoms with E-state index in [1.807, 2.05) is 0 Å². The van der Waals surface area contributed by atoms with Gasteiger partial charge in [0.2, 0.25) is 0 Å². The molecule has 2 N–H and O–H groups in total. The van der Waals surface area contributed by atoms with Gasteiger partial charge in [-0.25, -0.2) is 0 Å². The first-order chi connectivity index (χ1) is 8.97. The first-order valence-corrected chi connectivity index (χ1v) is 6.23. The van der Waals surface area contributed by atoms with Crippen molar-refractivity contribution in [2.75, 3.05) is 19.8 Å². The van der Waals surface area contributed by atoms with Crippen LogP contribution in [0.15, 0.2) is 0 Å². The lowest BCUT2D eigenvalue weighted by Crippen LogP contribution is -2.39. The number of carbonyl (C=O) groups is 3. The van der Waals surface area contributed by atoms with Crippen LogP contribution in [0.1, 0.15) is 27.2 Å². The number of esters is 3. The normalized spacial score (nSPS) is 11.8. The second-order valence-corrected chi connectivity index (χ2v) is 3.65. The summed E-state index contributed by atoms with van der Waals surface area (Å²) < 4.78 is 14.2. The summed E-state index contributed by atoms with van der Waals surface area (Å²) in [5.74, 6) is -3.37. The maximum absolute atomic E-state index is 11.6. The Morgan fingerprint density at radius 3 is 1.58 bits per heavy atom. The molecule has 0 aromatic carbocycles. The van der Waals surface area contributed by atoms with Gasteiger partial charge in [-0.1, -0.05) is 0 Å². The fourth-order valence-corrected chi connectivity index (χ4v) is 1.37. The smallest absolute Gasteiger partial charge is 0.322 e. The molecule has 0 aliphatic heterocycles. The van der Waals surface area contributed by atoms with Gasteiger partial charge >= 0.3 is 17.9 Å².